The summed E-state index contributed by atoms with van der Waals surface area (Å²) in [7, 11) is 1.89. The van der Waals surface area contributed by atoms with E-state index in [2.05, 4.69) is 5.10 Å². The second-order valence-electron chi connectivity index (χ2n) is 5.36. The molecule has 2 aromatic heterocycles. The van der Waals surface area contributed by atoms with Crippen LogP contribution >= 0.6 is 0 Å². The van der Waals surface area contributed by atoms with Gasteiger partial charge in [0, 0.05) is 24.7 Å². The average Bonchev–Trinajstić information content (AvgIpc) is 3.04. The molecule has 3 rings (SSSR count). The second-order valence-corrected chi connectivity index (χ2v) is 5.36. The van der Waals surface area contributed by atoms with Crippen molar-refractivity contribution in [3.8, 4) is 11.3 Å². The maximum absolute atomic E-state index is 6.12. The molecule has 102 valence electrons. The number of hydrogen-bond donors (Lipinski definition) is 2. The third kappa shape index (κ3) is 1.87. The lowest BCUT2D eigenvalue weighted by atomic mass is 10.1. The molecule has 0 atom stereocenters. The zero-order valence-electron chi connectivity index (χ0n) is 11.4. The lowest BCUT2D eigenvalue weighted by Crippen LogP contribution is -2.17. The highest BCUT2D eigenvalue weighted by atomic mass is 15.4. The third-order valence-corrected chi connectivity index (χ3v) is 3.96. The van der Waals surface area contributed by atoms with Crippen molar-refractivity contribution in [3.63, 3.8) is 0 Å². The maximum atomic E-state index is 6.12. The predicted octanol–water partition coefficient (Wildman–Crippen LogP) is 1.55. The van der Waals surface area contributed by atoms with Crippen molar-refractivity contribution in [2.75, 3.05) is 11.6 Å². The molecule has 4 N–H and O–H groups in total. The summed E-state index contributed by atoms with van der Waals surface area (Å²) in [6, 6.07) is 0. The molecule has 1 aliphatic rings. The van der Waals surface area contributed by atoms with Crippen molar-refractivity contribution < 1.29 is 0 Å². The standard InChI is InChI=1S/C13H20N6/c1-8-10(7-18(2)17-8)11-12(14)19(15)13(16-11)9-5-3-4-6-9/h7,9H,3-6,14-15H2,1-2H3. The van der Waals surface area contributed by atoms with E-state index < -0.39 is 0 Å². The molecular formula is C13H20N6. The lowest BCUT2D eigenvalue weighted by Gasteiger charge is -2.08. The summed E-state index contributed by atoms with van der Waals surface area (Å²) in [5.74, 6) is 7.96. The summed E-state index contributed by atoms with van der Waals surface area (Å²) in [4.78, 5) is 4.70. The first-order valence-electron chi connectivity index (χ1n) is 6.71. The number of nitrogens with two attached hydrogens (primary N) is 2. The van der Waals surface area contributed by atoms with Crippen molar-refractivity contribution in [3.05, 3.63) is 17.7 Å². The molecule has 0 aliphatic heterocycles. The van der Waals surface area contributed by atoms with Gasteiger partial charge in [-0.3, -0.25) is 4.68 Å². The monoisotopic (exact) mass is 260 g/mol. The lowest BCUT2D eigenvalue weighted by molar-refractivity contribution is 0.648. The van der Waals surface area contributed by atoms with Crippen LogP contribution in [0.3, 0.4) is 0 Å². The van der Waals surface area contributed by atoms with Gasteiger partial charge in [-0.1, -0.05) is 12.8 Å². The Morgan fingerprint density at radius 1 is 1.32 bits per heavy atom. The van der Waals surface area contributed by atoms with Gasteiger partial charge in [0.2, 0.25) is 0 Å². The highest BCUT2D eigenvalue weighted by Gasteiger charge is 2.26. The molecule has 19 heavy (non-hydrogen) atoms. The van der Waals surface area contributed by atoms with Crippen LogP contribution in [0.5, 0.6) is 0 Å². The van der Waals surface area contributed by atoms with Crippen LogP contribution < -0.4 is 11.6 Å². The number of hydrogen-bond acceptors (Lipinski definition) is 4. The van der Waals surface area contributed by atoms with E-state index in [4.69, 9.17) is 16.6 Å². The zero-order valence-corrected chi connectivity index (χ0v) is 11.4. The van der Waals surface area contributed by atoms with Gasteiger partial charge in [-0.2, -0.15) is 5.10 Å². The van der Waals surface area contributed by atoms with E-state index in [1.165, 1.54) is 12.8 Å². The van der Waals surface area contributed by atoms with Crippen molar-refractivity contribution in [2.24, 2.45) is 7.05 Å². The molecule has 0 spiro atoms. The molecule has 1 saturated carbocycles. The van der Waals surface area contributed by atoms with Gasteiger partial charge in [-0.05, 0) is 19.8 Å². The Kier molecular flexibility index (Phi) is 2.73. The molecule has 0 unspecified atom stereocenters. The predicted molar refractivity (Wildman–Crippen MR) is 74.9 cm³/mol. The van der Waals surface area contributed by atoms with Crippen LogP contribution in [-0.4, -0.2) is 19.4 Å². The first-order valence-corrected chi connectivity index (χ1v) is 6.71. The fraction of sp³-hybridized carbons (Fsp3) is 0.538. The normalized spacial score (nSPS) is 16.3. The number of aryl methyl sites for hydroxylation is 2. The van der Waals surface area contributed by atoms with Crippen molar-refractivity contribution in [1.29, 1.82) is 0 Å². The van der Waals surface area contributed by atoms with E-state index in [9.17, 15) is 0 Å². The summed E-state index contributed by atoms with van der Waals surface area (Å²) >= 11 is 0. The van der Waals surface area contributed by atoms with E-state index in [1.807, 2.05) is 20.2 Å². The number of rotatable bonds is 2. The molecule has 1 fully saturated rings. The molecular weight excluding hydrogens is 240 g/mol. The fourth-order valence-corrected chi connectivity index (χ4v) is 2.97. The van der Waals surface area contributed by atoms with Crippen LogP contribution in [0.2, 0.25) is 0 Å². The van der Waals surface area contributed by atoms with Gasteiger partial charge in [0.25, 0.3) is 0 Å². The summed E-state index contributed by atoms with van der Waals surface area (Å²) < 4.78 is 3.33. The van der Waals surface area contributed by atoms with Crippen LogP contribution in [-0.2, 0) is 7.05 Å². The molecule has 0 saturated heterocycles. The minimum atomic E-state index is 0.443. The van der Waals surface area contributed by atoms with Crippen molar-refractivity contribution in [1.82, 2.24) is 19.4 Å². The first-order chi connectivity index (χ1) is 9.08. The van der Waals surface area contributed by atoms with E-state index in [0.717, 1.165) is 35.6 Å². The van der Waals surface area contributed by atoms with E-state index >= 15 is 0 Å². The Morgan fingerprint density at radius 3 is 2.58 bits per heavy atom. The molecule has 0 bridgehead atoms. The number of aromatic nitrogens is 4. The van der Waals surface area contributed by atoms with Crippen molar-refractivity contribution in [2.45, 2.75) is 38.5 Å². The summed E-state index contributed by atoms with van der Waals surface area (Å²) in [6.07, 6.45) is 6.74. The van der Waals surface area contributed by atoms with E-state index in [0.29, 0.717) is 11.7 Å². The summed E-state index contributed by atoms with van der Waals surface area (Å²) in [6.45, 7) is 1.96. The van der Waals surface area contributed by atoms with Gasteiger partial charge < -0.3 is 11.6 Å². The second kappa shape index (κ2) is 4.29. The van der Waals surface area contributed by atoms with Crippen LogP contribution in [0.1, 0.15) is 43.1 Å². The molecule has 1 aliphatic carbocycles. The first kappa shape index (κ1) is 12.1. The quantitative estimate of drug-likeness (QED) is 0.802. The zero-order chi connectivity index (χ0) is 13.6. The number of anilines is 1. The minimum absolute atomic E-state index is 0.443. The average molecular weight is 260 g/mol. The molecule has 6 nitrogen and oxygen atoms in total. The van der Waals surface area contributed by atoms with Crippen LogP contribution in [0, 0.1) is 6.92 Å². The largest absolute Gasteiger partial charge is 0.382 e. The Hall–Kier alpha value is -1.98. The van der Waals surface area contributed by atoms with Crippen molar-refractivity contribution >= 4 is 5.82 Å². The molecule has 6 heteroatoms. The number of nitrogens with zero attached hydrogens (tertiary/aromatic N) is 4. The van der Waals surface area contributed by atoms with Gasteiger partial charge >= 0.3 is 0 Å². The summed E-state index contributed by atoms with van der Waals surface area (Å²) in [5.41, 5.74) is 8.76. The SMILES string of the molecule is Cc1nn(C)cc1-c1nc(C2CCCC2)n(N)c1N. The van der Waals surface area contributed by atoms with E-state index in [1.54, 1.807) is 9.36 Å². The van der Waals surface area contributed by atoms with E-state index in [-0.39, 0.29) is 0 Å². The molecule has 0 amide bonds. The number of nitrogen functional groups attached to an aromatic ring is 2. The Morgan fingerprint density at radius 2 is 2.00 bits per heavy atom. The third-order valence-electron chi connectivity index (χ3n) is 3.96. The molecule has 0 aromatic carbocycles. The molecule has 0 radical (unpaired) electrons. The Balaban J connectivity index is 2.07. The highest BCUT2D eigenvalue weighted by Crippen LogP contribution is 2.36. The van der Waals surface area contributed by atoms with Gasteiger partial charge in [0.1, 0.15) is 11.5 Å². The topological polar surface area (TPSA) is 87.7 Å². The minimum Gasteiger partial charge on any atom is -0.382 e. The molecule has 2 aromatic rings. The number of imidazole rings is 1. The smallest absolute Gasteiger partial charge is 0.150 e. The Labute approximate surface area is 112 Å². The fourth-order valence-electron chi connectivity index (χ4n) is 2.97. The molecule has 2 heterocycles. The summed E-state index contributed by atoms with van der Waals surface area (Å²) in [5, 5.41) is 4.34. The van der Waals surface area contributed by atoms with Gasteiger partial charge in [-0.25, -0.2) is 9.66 Å². The maximum Gasteiger partial charge on any atom is 0.150 e. The highest BCUT2D eigenvalue weighted by molar-refractivity contribution is 5.72. The van der Waals surface area contributed by atoms with Crippen LogP contribution in [0.15, 0.2) is 6.20 Å². The van der Waals surface area contributed by atoms with Gasteiger partial charge in [0.15, 0.2) is 5.82 Å². The van der Waals surface area contributed by atoms with Gasteiger partial charge in [0.05, 0.1) is 5.69 Å². The van der Waals surface area contributed by atoms with Crippen LogP contribution in [0.4, 0.5) is 5.82 Å². The van der Waals surface area contributed by atoms with Gasteiger partial charge in [-0.15, -0.1) is 0 Å². The Bertz CT molecular complexity index is 603. The van der Waals surface area contributed by atoms with Crippen LogP contribution in [0.25, 0.3) is 11.3 Å².